The van der Waals surface area contributed by atoms with Crippen molar-refractivity contribution in [2.75, 3.05) is 13.2 Å². The van der Waals surface area contributed by atoms with E-state index in [9.17, 15) is 4.79 Å². The summed E-state index contributed by atoms with van der Waals surface area (Å²) in [6.45, 7) is 1.61. The van der Waals surface area contributed by atoms with E-state index in [-0.39, 0.29) is 11.8 Å². The number of pyridine rings is 1. The van der Waals surface area contributed by atoms with E-state index in [1.54, 1.807) is 10.6 Å². The summed E-state index contributed by atoms with van der Waals surface area (Å²) in [5, 5.41) is 1.01. The van der Waals surface area contributed by atoms with Gasteiger partial charge in [0.15, 0.2) is 6.29 Å². The van der Waals surface area contributed by atoms with Gasteiger partial charge >= 0.3 is 0 Å². The Kier molecular flexibility index (Phi) is 3.20. The normalized spacial score (nSPS) is 16.5. The van der Waals surface area contributed by atoms with Gasteiger partial charge in [0, 0.05) is 15.9 Å². The molecule has 1 aromatic carbocycles. The number of ether oxygens (including phenoxy) is 2. The first-order valence-corrected chi connectivity index (χ1v) is 6.56. The largest absolute Gasteiger partial charge is 0.348 e. The van der Waals surface area contributed by atoms with Crippen LogP contribution in [0, 0.1) is 0 Å². The molecule has 3 rings (SSSR count). The molecule has 1 fully saturated rings. The Hall–Kier alpha value is -1.17. The highest BCUT2D eigenvalue weighted by Crippen LogP contribution is 2.22. The zero-order valence-corrected chi connectivity index (χ0v) is 11.2. The Morgan fingerprint density at radius 2 is 2.00 bits per heavy atom. The van der Waals surface area contributed by atoms with Gasteiger partial charge in [0.25, 0.3) is 5.56 Å². The van der Waals surface area contributed by atoms with E-state index >= 15 is 0 Å². The van der Waals surface area contributed by atoms with Crippen LogP contribution < -0.4 is 5.56 Å². The van der Waals surface area contributed by atoms with Gasteiger partial charge in [0.05, 0.1) is 25.3 Å². The summed E-state index contributed by atoms with van der Waals surface area (Å²) >= 11 is 3.49. The van der Waals surface area contributed by atoms with Gasteiger partial charge in [0.1, 0.15) is 0 Å². The first kappa shape index (κ1) is 11.9. The second-order valence-electron chi connectivity index (χ2n) is 4.13. The number of nitrogens with zero attached hydrogens (tertiary/aromatic N) is 1. The van der Waals surface area contributed by atoms with Crippen LogP contribution in [0.25, 0.3) is 10.9 Å². The molecule has 2 heterocycles. The molecule has 0 aliphatic carbocycles. The SMILES string of the molecule is O=c1ccc2c(Br)cccc2n1CC1OCCO1. The first-order valence-electron chi connectivity index (χ1n) is 5.77. The number of fused-ring (bicyclic) bond motifs is 1. The fourth-order valence-corrected chi connectivity index (χ4v) is 2.63. The molecule has 0 saturated carbocycles. The predicted octanol–water partition coefficient (Wildman–Crippen LogP) is 2.14. The molecule has 2 aromatic rings. The van der Waals surface area contributed by atoms with Crippen molar-refractivity contribution in [2.24, 2.45) is 0 Å². The maximum Gasteiger partial charge on any atom is 0.251 e. The molecule has 1 aliphatic rings. The second-order valence-corrected chi connectivity index (χ2v) is 4.98. The van der Waals surface area contributed by atoms with Gasteiger partial charge in [-0.1, -0.05) is 22.0 Å². The summed E-state index contributed by atoms with van der Waals surface area (Å²) in [4.78, 5) is 12.0. The first-order chi connectivity index (χ1) is 8.75. The summed E-state index contributed by atoms with van der Waals surface area (Å²) in [6.07, 6.45) is -0.327. The van der Waals surface area contributed by atoms with Crippen molar-refractivity contribution in [2.45, 2.75) is 12.8 Å². The molecular weight excluding hydrogens is 298 g/mol. The molecule has 0 radical (unpaired) electrons. The number of benzene rings is 1. The van der Waals surface area contributed by atoms with Crippen LogP contribution in [0.3, 0.4) is 0 Å². The third kappa shape index (κ3) is 2.09. The van der Waals surface area contributed by atoms with Gasteiger partial charge in [-0.25, -0.2) is 0 Å². The quantitative estimate of drug-likeness (QED) is 0.853. The van der Waals surface area contributed by atoms with Crippen LogP contribution in [0.4, 0.5) is 0 Å². The second kappa shape index (κ2) is 4.84. The molecule has 94 valence electrons. The minimum absolute atomic E-state index is 0.0419. The van der Waals surface area contributed by atoms with Crippen molar-refractivity contribution >= 4 is 26.8 Å². The van der Waals surface area contributed by atoms with Gasteiger partial charge in [-0.2, -0.15) is 0 Å². The highest BCUT2D eigenvalue weighted by Gasteiger charge is 2.18. The third-order valence-electron chi connectivity index (χ3n) is 3.00. The fraction of sp³-hybridized carbons (Fsp3) is 0.308. The lowest BCUT2D eigenvalue weighted by atomic mass is 10.2. The van der Waals surface area contributed by atoms with Gasteiger partial charge in [0.2, 0.25) is 0 Å². The topological polar surface area (TPSA) is 40.5 Å². The molecule has 5 heteroatoms. The van der Waals surface area contributed by atoms with Gasteiger partial charge < -0.3 is 14.0 Å². The monoisotopic (exact) mass is 309 g/mol. The predicted molar refractivity (Wildman–Crippen MR) is 71.6 cm³/mol. The third-order valence-corrected chi connectivity index (χ3v) is 3.69. The molecule has 4 nitrogen and oxygen atoms in total. The van der Waals surface area contributed by atoms with E-state index in [1.807, 2.05) is 24.3 Å². The van der Waals surface area contributed by atoms with Crippen molar-refractivity contribution in [3.8, 4) is 0 Å². The maximum atomic E-state index is 12.0. The zero-order chi connectivity index (χ0) is 12.5. The molecule has 0 N–H and O–H groups in total. The molecule has 1 aliphatic heterocycles. The van der Waals surface area contributed by atoms with Crippen LogP contribution in [-0.2, 0) is 16.0 Å². The maximum absolute atomic E-state index is 12.0. The Morgan fingerprint density at radius 1 is 1.22 bits per heavy atom. The molecule has 18 heavy (non-hydrogen) atoms. The lowest BCUT2D eigenvalue weighted by molar-refractivity contribution is -0.0522. The van der Waals surface area contributed by atoms with Gasteiger partial charge in [-0.05, 0) is 18.2 Å². The molecule has 0 amide bonds. The molecule has 0 atom stereocenters. The molecule has 0 unspecified atom stereocenters. The number of rotatable bonds is 2. The van der Waals surface area contributed by atoms with Crippen LogP contribution in [0.15, 0.2) is 39.6 Å². The van der Waals surface area contributed by atoms with E-state index in [1.165, 1.54) is 0 Å². The highest BCUT2D eigenvalue weighted by atomic mass is 79.9. The van der Waals surface area contributed by atoms with E-state index < -0.39 is 0 Å². The molecule has 1 aromatic heterocycles. The van der Waals surface area contributed by atoms with Crippen LogP contribution >= 0.6 is 15.9 Å². The van der Waals surface area contributed by atoms with Crippen LogP contribution in [0.2, 0.25) is 0 Å². The molecule has 1 saturated heterocycles. The summed E-state index contributed by atoms with van der Waals surface area (Å²) in [5.74, 6) is 0. The average Bonchev–Trinajstić information content (AvgIpc) is 2.86. The zero-order valence-electron chi connectivity index (χ0n) is 9.64. The van der Waals surface area contributed by atoms with E-state index in [4.69, 9.17) is 9.47 Å². The van der Waals surface area contributed by atoms with Gasteiger partial charge in [-0.15, -0.1) is 0 Å². The molecular formula is C13H12BrNO3. The van der Waals surface area contributed by atoms with Crippen molar-refractivity contribution < 1.29 is 9.47 Å². The minimum Gasteiger partial charge on any atom is -0.348 e. The summed E-state index contributed by atoms with van der Waals surface area (Å²) in [6, 6.07) is 9.20. The number of halogens is 1. The minimum atomic E-state index is -0.327. The van der Waals surface area contributed by atoms with Crippen molar-refractivity contribution in [3.05, 3.63) is 45.2 Å². The van der Waals surface area contributed by atoms with Crippen molar-refractivity contribution in [3.63, 3.8) is 0 Å². The summed E-state index contributed by atoms with van der Waals surface area (Å²) < 4.78 is 13.5. The Balaban J connectivity index is 2.11. The smallest absolute Gasteiger partial charge is 0.251 e. The molecule has 0 spiro atoms. The van der Waals surface area contributed by atoms with Crippen LogP contribution in [0.5, 0.6) is 0 Å². The van der Waals surface area contributed by atoms with Crippen LogP contribution in [-0.4, -0.2) is 24.1 Å². The fourth-order valence-electron chi connectivity index (χ4n) is 2.14. The standard InChI is InChI=1S/C13H12BrNO3/c14-10-2-1-3-11-9(10)4-5-12(16)15(11)8-13-17-6-7-18-13/h1-5,13H,6-8H2. The lowest BCUT2D eigenvalue weighted by Gasteiger charge is -2.14. The molecule has 0 bridgehead atoms. The van der Waals surface area contributed by atoms with Crippen LogP contribution in [0.1, 0.15) is 0 Å². The summed E-state index contributed by atoms with van der Waals surface area (Å²) in [5.41, 5.74) is 0.843. The summed E-state index contributed by atoms with van der Waals surface area (Å²) in [7, 11) is 0. The van der Waals surface area contributed by atoms with Gasteiger partial charge in [-0.3, -0.25) is 4.79 Å². The van der Waals surface area contributed by atoms with Crippen molar-refractivity contribution in [1.29, 1.82) is 0 Å². The Labute approximate surface area is 112 Å². The van der Waals surface area contributed by atoms with E-state index in [0.29, 0.717) is 19.8 Å². The van der Waals surface area contributed by atoms with Crippen molar-refractivity contribution in [1.82, 2.24) is 4.57 Å². The lowest BCUT2D eigenvalue weighted by Crippen LogP contribution is -2.26. The Bertz CT molecular complexity index is 632. The number of aromatic nitrogens is 1. The van der Waals surface area contributed by atoms with E-state index in [2.05, 4.69) is 15.9 Å². The number of hydrogen-bond donors (Lipinski definition) is 0. The highest BCUT2D eigenvalue weighted by molar-refractivity contribution is 9.10. The average molecular weight is 310 g/mol. The number of hydrogen-bond acceptors (Lipinski definition) is 3. The Morgan fingerprint density at radius 3 is 2.78 bits per heavy atom. The van der Waals surface area contributed by atoms with E-state index in [0.717, 1.165) is 15.4 Å².